The molecule has 2 aromatic rings. The number of urea groups is 1. The summed E-state index contributed by atoms with van der Waals surface area (Å²) in [5.41, 5.74) is 1.26. The van der Waals surface area contributed by atoms with E-state index in [1.807, 2.05) is 30.3 Å². The van der Waals surface area contributed by atoms with Crippen LogP contribution in [0.2, 0.25) is 0 Å². The van der Waals surface area contributed by atoms with Crippen molar-refractivity contribution in [3.8, 4) is 11.5 Å². The monoisotopic (exact) mass is 450 g/mol. The number of hydrogen-bond donors (Lipinski definition) is 2. The fourth-order valence-electron chi connectivity index (χ4n) is 3.21. The Morgan fingerprint density at radius 3 is 2.50 bits per heavy atom. The summed E-state index contributed by atoms with van der Waals surface area (Å²) in [6.45, 7) is 2.14. The molecule has 1 saturated heterocycles. The number of methoxy groups -OCH3 is 1. The van der Waals surface area contributed by atoms with Crippen LogP contribution in [0.4, 0.5) is 18.0 Å². The summed E-state index contributed by atoms with van der Waals surface area (Å²) in [6, 6.07) is 12.5. The summed E-state index contributed by atoms with van der Waals surface area (Å²) in [4.78, 5) is 24.3. The molecule has 1 aliphatic heterocycles. The molecule has 1 heterocycles. The number of benzene rings is 2. The van der Waals surface area contributed by atoms with Crippen molar-refractivity contribution in [3.63, 3.8) is 0 Å². The molecule has 0 aromatic heterocycles. The number of carbonyl (C=O) groups excluding carboxylic acids is 2. The first-order chi connectivity index (χ1) is 15.2. The van der Waals surface area contributed by atoms with Crippen LogP contribution in [0.1, 0.15) is 17.2 Å². The molecule has 2 N–H and O–H groups in total. The van der Waals surface area contributed by atoms with Crippen molar-refractivity contribution in [2.75, 3.05) is 13.7 Å². The van der Waals surface area contributed by atoms with E-state index in [0.717, 1.165) is 5.56 Å². The van der Waals surface area contributed by atoms with E-state index >= 15 is 0 Å². The minimum absolute atomic E-state index is 0.0747. The molecule has 3 rings (SSSR count). The Morgan fingerprint density at radius 2 is 1.84 bits per heavy atom. The van der Waals surface area contributed by atoms with Gasteiger partial charge >= 0.3 is 18.2 Å². The lowest BCUT2D eigenvalue weighted by atomic mass is 9.89. The Labute approximate surface area is 182 Å². The first-order valence-electron chi connectivity index (χ1n) is 9.52. The Kier molecular flexibility index (Phi) is 6.92. The first kappa shape index (κ1) is 23.0. The van der Waals surface area contributed by atoms with Gasteiger partial charge in [0.2, 0.25) is 0 Å². The van der Waals surface area contributed by atoms with Gasteiger partial charge in [-0.1, -0.05) is 43.0 Å². The Bertz CT molecular complexity index is 995. The van der Waals surface area contributed by atoms with E-state index < -0.39 is 36.7 Å². The molecule has 170 valence electrons. The van der Waals surface area contributed by atoms with Crippen molar-refractivity contribution in [1.82, 2.24) is 10.6 Å². The average molecular weight is 450 g/mol. The number of carbonyl (C=O) groups is 2. The van der Waals surface area contributed by atoms with Crippen molar-refractivity contribution in [2.24, 2.45) is 5.92 Å². The lowest BCUT2D eigenvalue weighted by molar-refractivity contribution is -0.189. The van der Waals surface area contributed by atoms with E-state index in [1.165, 1.54) is 13.2 Å². The van der Waals surface area contributed by atoms with Gasteiger partial charge in [0, 0.05) is 5.70 Å². The number of hydrogen-bond acceptors (Lipinski definition) is 5. The zero-order valence-electron chi connectivity index (χ0n) is 17.1. The van der Waals surface area contributed by atoms with Crippen molar-refractivity contribution in [3.05, 3.63) is 71.9 Å². The van der Waals surface area contributed by atoms with Crippen LogP contribution in [0.5, 0.6) is 11.5 Å². The van der Waals surface area contributed by atoms with E-state index in [-0.39, 0.29) is 12.3 Å². The minimum Gasteiger partial charge on any atom is -0.493 e. The van der Waals surface area contributed by atoms with Gasteiger partial charge in [-0.25, -0.2) is 4.79 Å². The first-order valence-corrected chi connectivity index (χ1v) is 9.52. The summed E-state index contributed by atoms with van der Waals surface area (Å²) >= 11 is 0. The van der Waals surface area contributed by atoms with Crippen LogP contribution in [0.3, 0.4) is 0 Å². The molecule has 2 aromatic carbocycles. The Morgan fingerprint density at radius 1 is 1.12 bits per heavy atom. The molecule has 32 heavy (non-hydrogen) atoms. The molecule has 10 heteroatoms. The van der Waals surface area contributed by atoms with E-state index in [2.05, 4.69) is 21.9 Å². The average Bonchev–Trinajstić information content (AvgIpc) is 2.75. The smallest absolute Gasteiger partial charge is 0.422 e. The van der Waals surface area contributed by atoms with E-state index in [4.69, 9.17) is 9.47 Å². The van der Waals surface area contributed by atoms with E-state index in [9.17, 15) is 22.8 Å². The van der Waals surface area contributed by atoms with Crippen LogP contribution in [0, 0.1) is 5.92 Å². The number of ether oxygens (including phenoxy) is 3. The maximum atomic E-state index is 12.5. The van der Waals surface area contributed by atoms with Crippen molar-refractivity contribution in [2.45, 2.75) is 18.8 Å². The molecule has 0 saturated carbocycles. The van der Waals surface area contributed by atoms with E-state index in [0.29, 0.717) is 17.1 Å². The summed E-state index contributed by atoms with van der Waals surface area (Å²) in [7, 11) is 1.42. The lowest BCUT2D eigenvalue weighted by Gasteiger charge is -2.33. The molecule has 2 amide bonds. The molecule has 1 aliphatic rings. The summed E-state index contributed by atoms with van der Waals surface area (Å²) < 4.78 is 53.0. The second-order valence-corrected chi connectivity index (χ2v) is 6.99. The second kappa shape index (κ2) is 9.63. The summed E-state index contributed by atoms with van der Waals surface area (Å²) in [5, 5.41) is 4.83. The van der Waals surface area contributed by atoms with Gasteiger partial charge in [-0.15, -0.1) is 0 Å². The standard InChI is InChI=1S/C22H21F3N2O5/c1-13-18(20(28)32-12-22(23,24)25)19(27-21(29)26-13)15-8-9-16(17(10-15)30-2)31-11-14-6-4-3-5-7-14/h3-10,18-19H,1,11-12H2,2H3,(H2,26,27,29). The minimum atomic E-state index is -4.68. The maximum Gasteiger partial charge on any atom is 0.422 e. The SMILES string of the molecule is C=C1NC(=O)NC(c2ccc(OCc3ccccc3)c(OC)c2)C1C(=O)OCC(F)(F)F. The van der Waals surface area contributed by atoms with Gasteiger partial charge in [-0.05, 0) is 23.3 Å². The second-order valence-electron chi connectivity index (χ2n) is 6.99. The molecule has 0 spiro atoms. The highest BCUT2D eigenvalue weighted by Crippen LogP contribution is 2.36. The van der Waals surface area contributed by atoms with Gasteiger partial charge in [0.1, 0.15) is 12.5 Å². The third-order valence-corrected chi connectivity index (χ3v) is 4.69. The number of nitrogens with one attached hydrogen (secondary N) is 2. The predicted octanol–water partition coefficient (Wildman–Crippen LogP) is 3.86. The molecular formula is C22H21F3N2O5. The lowest BCUT2D eigenvalue weighted by Crippen LogP contribution is -2.51. The topological polar surface area (TPSA) is 85.9 Å². The van der Waals surface area contributed by atoms with Crippen LogP contribution in [0.15, 0.2) is 60.8 Å². The predicted molar refractivity (Wildman–Crippen MR) is 108 cm³/mol. The molecule has 7 nitrogen and oxygen atoms in total. The van der Waals surface area contributed by atoms with E-state index in [1.54, 1.807) is 12.1 Å². The van der Waals surface area contributed by atoms with Crippen LogP contribution in [-0.2, 0) is 16.1 Å². The van der Waals surface area contributed by atoms with Gasteiger partial charge in [0.15, 0.2) is 18.1 Å². The molecule has 0 radical (unpaired) electrons. The van der Waals surface area contributed by atoms with Gasteiger partial charge in [0.25, 0.3) is 0 Å². The van der Waals surface area contributed by atoms with Crippen molar-refractivity contribution < 1.29 is 37.0 Å². The molecule has 2 unspecified atom stereocenters. The summed E-state index contributed by atoms with van der Waals surface area (Å²) in [5.74, 6) is -1.72. The van der Waals surface area contributed by atoms with Gasteiger partial charge in [-0.3, -0.25) is 4.79 Å². The maximum absolute atomic E-state index is 12.5. The molecule has 0 bridgehead atoms. The van der Waals surface area contributed by atoms with Crippen molar-refractivity contribution >= 4 is 12.0 Å². The highest BCUT2D eigenvalue weighted by Gasteiger charge is 2.41. The fraction of sp³-hybridized carbons (Fsp3) is 0.273. The molecule has 1 fully saturated rings. The van der Waals surface area contributed by atoms with Crippen LogP contribution >= 0.6 is 0 Å². The highest BCUT2D eigenvalue weighted by atomic mass is 19.4. The molecule has 2 atom stereocenters. The van der Waals surface area contributed by atoms with Gasteiger partial charge < -0.3 is 24.8 Å². The number of esters is 1. The molecular weight excluding hydrogens is 429 g/mol. The van der Waals surface area contributed by atoms with Gasteiger partial charge in [0.05, 0.1) is 13.2 Å². The number of amides is 2. The zero-order valence-corrected chi connectivity index (χ0v) is 17.1. The fourth-order valence-corrected chi connectivity index (χ4v) is 3.21. The molecule has 0 aliphatic carbocycles. The van der Waals surface area contributed by atoms with Crippen molar-refractivity contribution in [1.29, 1.82) is 0 Å². The number of alkyl halides is 3. The zero-order chi connectivity index (χ0) is 23.3. The Hall–Kier alpha value is -3.69. The number of rotatable bonds is 7. The normalized spacial score (nSPS) is 18.4. The van der Waals surface area contributed by atoms with Crippen LogP contribution in [-0.4, -0.2) is 31.9 Å². The number of halogens is 3. The van der Waals surface area contributed by atoms with Gasteiger partial charge in [-0.2, -0.15) is 13.2 Å². The quantitative estimate of drug-likeness (QED) is 0.626. The Balaban J connectivity index is 1.83. The van der Waals surface area contributed by atoms with Crippen LogP contribution < -0.4 is 20.1 Å². The third kappa shape index (κ3) is 5.71. The highest BCUT2D eigenvalue weighted by molar-refractivity contribution is 5.85. The summed E-state index contributed by atoms with van der Waals surface area (Å²) in [6.07, 6.45) is -4.68. The third-order valence-electron chi connectivity index (χ3n) is 4.69. The van der Waals surface area contributed by atoms with Crippen LogP contribution in [0.25, 0.3) is 0 Å². The largest absolute Gasteiger partial charge is 0.493 e.